The molecule has 4 aromatic rings. The number of hydrogen-bond acceptors (Lipinski definition) is 5. The number of rotatable bonds is 7. The summed E-state index contributed by atoms with van der Waals surface area (Å²) >= 11 is 1.34. The number of hydrogen-bond donors (Lipinski definition) is 2. The summed E-state index contributed by atoms with van der Waals surface area (Å²) in [6, 6.07) is 25.6. The zero-order chi connectivity index (χ0) is 21.5. The number of carbonyl (C=O) groups is 2. The van der Waals surface area contributed by atoms with Gasteiger partial charge in [0.05, 0.1) is 5.69 Å². The SMILES string of the molecule is O=C(COc1ccccc1)Nc1nc(-c2ccc(NC(=O)c3ccccc3)cc2)cs1. The van der Waals surface area contributed by atoms with Gasteiger partial charge in [0, 0.05) is 22.2 Å². The van der Waals surface area contributed by atoms with E-state index in [1.165, 1.54) is 11.3 Å². The van der Waals surface area contributed by atoms with Gasteiger partial charge in [0.1, 0.15) is 5.75 Å². The first-order valence-electron chi connectivity index (χ1n) is 9.57. The maximum atomic E-state index is 12.2. The molecule has 1 aromatic heterocycles. The van der Waals surface area contributed by atoms with Crippen LogP contribution in [0.5, 0.6) is 5.75 Å². The number of nitrogens with zero attached hydrogens (tertiary/aromatic N) is 1. The normalized spacial score (nSPS) is 10.3. The standard InChI is InChI=1S/C24H19N3O3S/c28-22(15-30-20-9-5-2-6-10-20)27-24-26-21(16-31-24)17-11-13-19(14-12-17)25-23(29)18-7-3-1-4-8-18/h1-14,16H,15H2,(H,25,29)(H,26,27,28). The Bertz CT molecular complexity index is 1160. The number of nitrogens with one attached hydrogen (secondary N) is 2. The van der Waals surface area contributed by atoms with E-state index >= 15 is 0 Å². The van der Waals surface area contributed by atoms with Gasteiger partial charge in [-0.1, -0.05) is 48.5 Å². The molecule has 0 spiro atoms. The third-order valence-corrected chi connectivity index (χ3v) is 5.10. The number of amides is 2. The lowest BCUT2D eigenvalue weighted by molar-refractivity contribution is -0.118. The number of thiazole rings is 1. The van der Waals surface area contributed by atoms with E-state index in [9.17, 15) is 9.59 Å². The molecule has 0 aliphatic carbocycles. The Kier molecular flexibility index (Phi) is 6.35. The van der Waals surface area contributed by atoms with E-state index in [4.69, 9.17) is 4.74 Å². The van der Waals surface area contributed by atoms with Crippen LogP contribution in [0.3, 0.4) is 0 Å². The summed E-state index contributed by atoms with van der Waals surface area (Å²) < 4.78 is 5.44. The fourth-order valence-corrected chi connectivity index (χ4v) is 3.54. The van der Waals surface area contributed by atoms with Crippen LogP contribution in [-0.2, 0) is 4.79 Å². The minimum absolute atomic E-state index is 0.0886. The van der Waals surface area contributed by atoms with Crippen LogP contribution in [0.25, 0.3) is 11.3 Å². The van der Waals surface area contributed by atoms with Crippen molar-refractivity contribution in [3.8, 4) is 17.0 Å². The van der Waals surface area contributed by atoms with E-state index in [1.807, 2.05) is 66.0 Å². The van der Waals surface area contributed by atoms with Crippen molar-refractivity contribution in [1.82, 2.24) is 4.98 Å². The highest BCUT2D eigenvalue weighted by Crippen LogP contribution is 2.26. The Morgan fingerprint density at radius 2 is 1.52 bits per heavy atom. The first-order valence-corrected chi connectivity index (χ1v) is 10.5. The molecule has 6 nitrogen and oxygen atoms in total. The van der Waals surface area contributed by atoms with Gasteiger partial charge in [-0.3, -0.25) is 14.9 Å². The minimum atomic E-state index is -0.274. The fourth-order valence-electron chi connectivity index (χ4n) is 2.80. The molecule has 4 rings (SSSR count). The molecule has 3 aromatic carbocycles. The van der Waals surface area contributed by atoms with E-state index in [-0.39, 0.29) is 18.4 Å². The van der Waals surface area contributed by atoms with Crippen molar-refractivity contribution in [3.63, 3.8) is 0 Å². The summed E-state index contributed by atoms with van der Waals surface area (Å²) in [4.78, 5) is 28.8. The zero-order valence-corrected chi connectivity index (χ0v) is 17.3. The third kappa shape index (κ3) is 5.55. The molecule has 0 saturated carbocycles. The molecular weight excluding hydrogens is 410 g/mol. The Morgan fingerprint density at radius 1 is 0.839 bits per heavy atom. The van der Waals surface area contributed by atoms with Gasteiger partial charge in [0.2, 0.25) is 0 Å². The van der Waals surface area contributed by atoms with Crippen molar-refractivity contribution in [2.24, 2.45) is 0 Å². The predicted octanol–water partition coefficient (Wildman–Crippen LogP) is 5.08. The van der Waals surface area contributed by atoms with Crippen LogP contribution in [0.15, 0.2) is 90.3 Å². The summed E-state index contributed by atoms with van der Waals surface area (Å²) in [5, 5.41) is 7.98. The Morgan fingerprint density at radius 3 is 2.23 bits per heavy atom. The van der Waals surface area contributed by atoms with Crippen molar-refractivity contribution in [1.29, 1.82) is 0 Å². The van der Waals surface area contributed by atoms with Gasteiger partial charge in [0.15, 0.2) is 11.7 Å². The van der Waals surface area contributed by atoms with Crippen LogP contribution in [0, 0.1) is 0 Å². The number of para-hydroxylation sites is 1. The Balaban J connectivity index is 1.33. The van der Waals surface area contributed by atoms with Crippen molar-refractivity contribution >= 4 is 34.0 Å². The topological polar surface area (TPSA) is 80.3 Å². The van der Waals surface area contributed by atoms with Gasteiger partial charge in [-0.25, -0.2) is 4.98 Å². The number of anilines is 2. The highest BCUT2D eigenvalue weighted by molar-refractivity contribution is 7.14. The van der Waals surface area contributed by atoms with E-state index in [0.29, 0.717) is 22.1 Å². The van der Waals surface area contributed by atoms with Crippen LogP contribution >= 0.6 is 11.3 Å². The van der Waals surface area contributed by atoms with E-state index in [2.05, 4.69) is 15.6 Å². The molecule has 7 heteroatoms. The number of aromatic nitrogens is 1. The first-order chi connectivity index (χ1) is 15.2. The van der Waals surface area contributed by atoms with E-state index < -0.39 is 0 Å². The molecule has 2 amide bonds. The summed E-state index contributed by atoms with van der Waals surface area (Å²) in [6.07, 6.45) is 0. The van der Waals surface area contributed by atoms with Crippen molar-refractivity contribution < 1.29 is 14.3 Å². The molecule has 1 heterocycles. The Hall–Kier alpha value is -3.97. The highest BCUT2D eigenvalue weighted by atomic mass is 32.1. The molecule has 31 heavy (non-hydrogen) atoms. The maximum Gasteiger partial charge on any atom is 0.264 e. The summed E-state index contributed by atoms with van der Waals surface area (Å²) in [7, 11) is 0. The van der Waals surface area contributed by atoms with Crippen LogP contribution in [0.2, 0.25) is 0 Å². The van der Waals surface area contributed by atoms with Gasteiger partial charge in [-0.05, 0) is 36.4 Å². The van der Waals surface area contributed by atoms with Crippen LogP contribution in [0.4, 0.5) is 10.8 Å². The summed E-state index contributed by atoms with van der Waals surface area (Å²) in [6.45, 7) is -0.0886. The van der Waals surface area contributed by atoms with Gasteiger partial charge < -0.3 is 10.1 Å². The smallest absolute Gasteiger partial charge is 0.264 e. The zero-order valence-electron chi connectivity index (χ0n) is 16.4. The molecule has 0 unspecified atom stereocenters. The molecule has 0 bridgehead atoms. The Labute approximate surface area is 183 Å². The molecule has 154 valence electrons. The van der Waals surface area contributed by atoms with Gasteiger partial charge in [-0.2, -0.15) is 0 Å². The van der Waals surface area contributed by atoms with Gasteiger partial charge >= 0.3 is 0 Å². The highest BCUT2D eigenvalue weighted by Gasteiger charge is 2.10. The second-order valence-electron chi connectivity index (χ2n) is 6.59. The second-order valence-corrected chi connectivity index (χ2v) is 7.44. The monoisotopic (exact) mass is 429 g/mol. The average molecular weight is 430 g/mol. The van der Waals surface area contributed by atoms with Crippen LogP contribution in [-0.4, -0.2) is 23.4 Å². The van der Waals surface area contributed by atoms with Crippen LogP contribution < -0.4 is 15.4 Å². The lowest BCUT2D eigenvalue weighted by Gasteiger charge is -2.06. The fraction of sp³-hybridized carbons (Fsp3) is 0.0417. The minimum Gasteiger partial charge on any atom is -0.484 e. The molecule has 0 aliphatic rings. The summed E-state index contributed by atoms with van der Waals surface area (Å²) in [5.74, 6) is 0.199. The average Bonchev–Trinajstić information content (AvgIpc) is 3.28. The third-order valence-electron chi connectivity index (χ3n) is 4.34. The second kappa shape index (κ2) is 9.69. The van der Waals surface area contributed by atoms with Crippen molar-refractivity contribution in [2.75, 3.05) is 17.2 Å². The molecule has 0 atom stereocenters. The van der Waals surface area contributed by atoms with Gasteiger partial charge in [-0.15, -0.1) is 11.3 Å². The number of carbonyl (C=O) groups excluding carboxylic acids is 2. The molecule has 0 fully saturated rings. The quantitative estimate of drug-likeness (QED) is 0.429. The van der Waals surface area contributed by atoms with Crippen LogP contribution in [0.1, 0.15) is 10.4 Å². The molecule has 0 aliphatic heterocycles. The lowest BCUT2D eigenvalue weighted by atomic mass is 10.1. The first kappa shape index (κ1) is 20.3. The molecule has 0 saturated heterocycles. The van der Waals surface area contributed by atoms with Crippen molar-refractivity contribution in [2.45, 2.75) is 0 Å². The maximum absolute atomic E-state index is 12.2. The molecule has 0 radical (unpaired) electrons. The van der Waals surface area contributed by atoms with Crippen molar-refractivity contribution in [3.05, 3.63) is 95.9 Å². The van der Waals surface area contributed by atoms with Gasteiger partial charge in [0.25, 0.3) is 11.8 Å². The predicted molar refractivity (Wildman–Crippen MR) is 123 cm³/mol. The lowest BCUT2D eigenvalue weighted by Crippen LogP contribution is -2.19. The number of benzene rings is 3. The number of ether oxygens (including phenoxy) is 1. The van der Waals surface area contributed by atoms with E-state index in [0.717, 1.165) is 11.3 Å². The molecular formula is C24H19N3O3S. The molecule has 2 N–H and O–H groups in total. The largest absolute Gasteiger partial charge is 0.484 e. The van der Waals surface area contributed by atoms with E-state index in [1.54, 1.807) is 24.3 Å². The summed E-state index contributed by atoms with van der Waals surface area (Å²) in [5.41, 5.74) is 2.92.